The summed E-state index contributed by atoms with van der Waals surface area (Å²) in [6, 6.07) is 7.03. The molecule has 0 bridgehead atoms. The van der Waals surface area contributed by atoms with Crippen LogP contribution in [0.2, 0.25) is 0 Å². The van der Waals surface area contributed by atoms with Crippen LogP contribution < -0.4 is 15.2 Å². The van der Waals surface area contributed by atoms with E-state index in [0.717, 1.165) is 19.4 Å². The van der Waals surface area contributed by atoms with E-state index in [1.807, 2.05) is 14.1 Å². The lowest BCUT2D eigenvalue weighted by Gasteiger charge is -2.11. The number of anilines is 1. The van der Waals surface area contributed by atoms with Gasteiger partial charge in [-0.3, -0.25) is 0 Å². The summed E-state index contributed by atoms with van der Waals surface area (Å²) in [5.41, 5.74) is 6.22. The maximum Gasteiger partial charge on any atom is 0.214 e. The molecular formula is C14H25N3O3S. The molecule has 7 heteroatoms. The smallest absolute Gasteiger partial charge is 0.214 e. The third kappa shape index (κ3) is 7.89. The molecule has 0 saturated carbocycles. The molecule has 0 aromatic heterocycles. The molecule has 0 aliphatic heterocycles. The third-order valence-electron chi connectivity index (χ3n) is 2.88. The van der Waals surface area contributed by atoms with Gasteiger partial charge in [0.05, 0.1) is 11.4 Å². The molecule has 6 nitrogen and oxygen atoms in total. The highest BCUT2D eigenvalue weighted by atomic mass is 32.2. The van der Waals surface area contributed by atoms with E-state index in [0.29, 0.717) is 18.0 Å². The zero-order valence-electron chi connectivity index (χ0n) is 12.7. The fourth-order valence-corrected chi connectivity index (χ4v) is 2.63. The van der Waals surface area contributed by atoms with Gasteiger partial charge in [0.15, 0.2) is 0 Å². The Bertz CT molecular complexity index is 518. The van der Waals surface area contributed by atoms with Crippen LogP contribution >= 0.6 is 0 Å². The van der Waals surface area contributed by atoms with Crippen LogP contribution in [0.4, 0.5) is 5.69 Å². The van der Waals surface area contributed by atoms with Crippen molar-refractivity contribution in [1.82, 2.24) is 9.62 Å². The number of para-hydroxylation sites is 2. The number of hydrogen-bond acceptors (Lipinski definition) is 5. The van der Waals surface area contributed by atoms with Gasteiger partial charge >= 0.3 is 0 Å². The number of nitrogens with zero attached hydrogens (tertiary/aromatic N) is 1. The minimum atomic E-state index is -3.29. The Hall–Kier alpha value is -1.31. The Morgan fingerprint density at radius 2 is 1.95 bits per heavy atom. The maximum absolute atomic E-state index is 11.8. The highest BCUT2D eigenvalue weighted by Crippen LogP contribution is 2.19. The van der Waals surface area contributed by atoms with Crippen LogP contribution in [-0.4, -0.2) is 52.9 Å². The second kappa shape index (κ2) is 8.86. The van der Waals surface area contributed by atoms with Crippen molar-refractivity contribution >= 4 is 15.7 Å². The number of benzene rings is 1. The lowest BCUT2D eigenvalue weighted by atomic mass is 10.3. The Labute approximate surface area is 127 Å². The first-order chi connectivity index (χ1) is 9.91. The van der Waals surface area contributed by atoms with Crippen LogP contribution in [0.3, 0.4) is 0 Å². The van der Waals surface area contributed by atoms with E-state index < -0.39 is 10.0 Å². The Morgan fingerprint density at radius 1 is 1.24 bits per heavy atom. The standard InChI is InChI=1S/C14H25N3O3S/c1-17(2)10-6-5-9-16-21(18,19)12-11-20-14-8-4-3-7-13(14)15/h3-4,7-8,16H,5-6,9-12,15H2,1-2H3. The van der Waals surface area contributed by atoms with Gasteiger partial charge in [0.1, 0.15) is 12.4 Å². The Kier molecular flexibility index (Phi) is 7.49. The number of rotatable bonds is 10. The first-order valence-corrected chi connectivity index (χ1v) is 8.65. The lowest BCUT2D eigenvalue weighted by Crippen LogP contribution is -2.30. The molecule has 0 aliphatic carbocycles. The average Bonchev–Trinajstić information content (AvgIpc) is 2.40. The molecule has 0 atom stereocenters. The lowest BCUT2D eigenvalue weighted by molar-refractivity contribution is 0.342. The molecule has 0 heterocycles. The summed E-state index contributed by atoms with van der Waals surface area (Å²) in [5.74, 6) is 0.438. The SMILES string of the molecule is CN(C)CCCCNS(=O)(=O)CCOc1ccccc1N. The summed E-state index contributed by atoms with van der Waals surface area (Å²) < 4.78 is 31.5. The first-order valence-electron chi connectivity index (χ1n) is 7.00. The normalized spacial score (nSPS) is 11.8. The zero-order valence-corrected chi connectivity index (χ0v) is 13.5. The van der Waals surface area contributed by atoms with Gasteiger partial charge in [-0.05, 0) is 45.6 Å². The average molecular weight is 315 g/mol. The molecule has 0 spiro atoms. The van der Waals surface area contributed by atoms with E-state index in [9.17, 15) is 8.42 Å². The van der Waals surface area contributed by atoms with Crippen molar-refractivity contribution in [3.8, 4) is 5.75 Å². The minimum Gasteiger partial charge on any atom is -0.490 e. The van der Waals surface area contributed by atoms with Gasteiger partial charge in [-0.1, -0.05) is 12.1 Å². The van der Waals surface area contributed by atoms with Crippen LogP contribution in [-0.2, 0) is 10.0 Å². The van der Waals surface area contributed by atoms with Crippen molar-refractivity contribution in [2.24, 2.45) is 0 Å². The summed E-state index contributed by atoms with van der Waals surface area (Å²) in [7, 11) is 0.699. The van der Waals surface area contributed by atoms with E-state index >= 15 is 0 Å². The molecule has 3 N–H and O–H groups in total. The molecule has 0 radical (unpaired) electrons. The number of nitrogen functional groups attached to an aromatic ring is 1. The summed E-state index contributed by atoms with van der Waals surface area (Å²) in [6.45, 7) is 1.50. The summed E-state index contributed by atoms with van der Waals surface area (Å²) in [6.07, 6.45) is 1.79. The largest absolute Gasteiger partial charge is 0.490 e. The predicted molar refractivity (Wildman–Crippen MR) is 85.9 cm³/mol. The van der Waals surface area contributed by atoms with Gasteiger partial charge in [0, 0.05) is 6.54 Å². The Morgan fingerprint density at radius 3 is 2.62 bits per heavy atom. The topological polar surface area (TPSA) is 84.7 Å². The third-order valence-corrected chi connectivity index (χ3v) is 4.23. The quantitative estimate of drug-likeness (QED) is 0.495. The summed E-state index contributed by atoms with van der Waals surface area (Å²) in [5, 5.41) is 0. The molecule has 1 aromatic rings. The van der Waals surface area contributed by atoms with Crippen molar-refractivity contribution in [3.05, 3.63) is 24.3 Å². The molecule has 1 rings (SSSR count). The molecule has 0 unspecified atom stereocenters. The maximum atomic E-state index is 11.8. The van der Waals surface area contributed by atoms with E-state index in [1.54, 1.807) is 24.3 Å². The molecule has 120 valence electrons. The van der Waals surface area contributed by atoms with Crippen LogP contribution in [0.5, 0.6) is 5.75 Å². The van der Waals surface area contributed by atoms with Crippen molar-refractivity contribution < 1.29 is 13.2 Å². The van der Waals surface area contributed by atoms with Crippen molar-refractivity contribution in [3.63, 3.8) is 0 Å². The molecule has 0 saturated heterocycles. The monoisotopic (exact) mass is 315 g/mol. The summed E-state index contributed by atoms with van der Waals surface area (Å²) >= 11 is 0. The molecular weight excluding hydrogens is 290 g/mol. The Balaban J connectivity index is 2.22. The molecule has 0 amide bonds. The minimum absolute atomic E-state index is 0.0744. The fraction of sp³-hybridized carbons (Fsp3) is 0.571. The van der Waals surface area contributed by atoms with Gasteiger partial charge in [-0.2, -0.15) is 0 Å². The van der Waals surface area contributed by atoms with Crippen molar-refractivity contribution in [2.75, 3.05) is 45.3 Å². The first kappa shape index (κ1) is 17.7. The van der Waals surface area contributed by atoms with E-state index in [-0.39, 0.29) is 12.4 Å². The number of hydrogen-bond donors (Lipinski definition) is 2. The fourth-order valence-electron chi connectivity index (χ4n) is 1.73. The van der Waals surface area contributed by atoms with Gasteiger partial charge in [-0.25, -0.2) is 13.1 Å². The van der Waals surface area contributed by atoms with E-state index in [4.69, 9.17) is 10.5 Å². The highest BCUT2D eigenvalue weighted by Gasteiger charge is 2.10. The van der Waals surface area contributed by atoms with Crippen LogP contribution in [0, 0.1) is 0 Å². The zero-order chi connectivity index (χ0) is 15.7. The molecule has 1 aromatic carbocycles. The van der Waals surface area contributed by atoms with Gasteiger partial charge in [0.2, 0.25) is 10.0 Å². The van der Waals surface area contributed by atoms with Crippen molar-refractivity contribution in [2.45, 2.75) is 12.8 Å². The number of sulfonamides is 1. The number of unbranched alkanes of at least 4 members (excludes halogenated alkanes) is 1. The van der Waals surface area contributed by atoms with Crippen LogP contribution in [0.25, 0.3) is 0 Å². The number of ether oxygens (including phenoxy) is 1. The highest BCUT2D eigenvalue weighted by molar-refractivity contribution is 7.89. The molecule has 0 fully saturated rings. The van der Waals surface area contributed by atoms with Gasteiger partial charge < -0.3 is 15.4 Å². The second-order valence-corrected chi connectivity index (χ2v) is 7.04. The van der Waals surface area contributed by atoms with Gasteiger partial charge in [0.25, 0.3) is 0 Å². The van der Waals surface area contributed by atoms with Gasteiger partial charge in [-0.15, -0.1) is 0 Å². The molecule has 0 aliphatic rings. The van der Waals surface area contributed by atoms with Crippen LogP contribution in [0.1, 0.15) is 12.8 Å². The molecule has 21 heavy (non-hydrogen) atoms. The predicted octanol–water partition coefficient (Wildman–Crippen LogP) is 0.909. The number of nitrogens with two attached hydrogens (primary N) is 1. The van der Waals surface area contributed by atoms with E-state index in [1.165, 1.54) is 0 Å². The second-order valence-electron chi connectivity index (χ2n) is 5.11. The summed E-state index contributed by atoms with van der Waals surface area (Å²) in [4.78, 5) is 2.08. The van der Waals surface area contributed by atoms with E-state index in [2.05, 4.69) is 9.62 Å². The van der Waals surface area contributed by atoms with Crippen molar-refractivity contribution in [1.29, 1.82) is 0 Å². The van der Waals surface area contributed by atoms with Crippen LogP contribution in [0.15, 0.2) is 24.3 Å². The number of nitrogens with one attached hydrogen (secondary N) is 1.